The van der Waals surface area contributed by atoms with Gasteiger partial charge in [0.2, 0.25) is 0 Å². The number of rotatable bonds is 3. The van der Waals surface area contributed by atoms with Crippen LogP contribution in [0.3, 0.4) is 0 Å². The maximum atomic E-state index is 12.0. The normalized spacial score (nSPS) is 10.6. The van der Waals surface area contributed by atoms with Crippen molar-refractivity contribution < 1.29 is 4.79 Å². The van der Waals surface area contributed by atoms with Crippen LogP contribution in [0.1, 0.15) is 10.4 Å². The van der Waals surface area contributed by atoms with Crippen molar-refractivity contribution in [1.29, 1.82) is 0 Å². The number of halogens is 2. The van der Waals surface area contributed by atoms with E-state index in [1.165, 1.54) is 22.7 Å². The van der Waals surface area contributed by atoms with Gasteiger partial charge in [-0.05, 0) is 29.6 Å². The molecule has 2 heterocycles. The van der Waals surface area contributed by atoms with Crippen LogP contribution in [0.2, 0.25) is 10.0 Å². The fourth-order valence-electron chi connectivity index (χ4n) is 1.72. The summed E-state index contributed by atoms with van der Waals surface area (Å²) in [6.07, 6.45) is 0. The summed E-state index contributed by atoms with van der Waals surface area (Å²) in [6.45, 7) is 0. The maximum Gasteiger partial charge on any atom is 0.258 e. The van der Waals surface area contributed by atoms with Gasteiger partial charge in [0.15, 0.2) is 5.13 Å². The number of carbonyl (C=O) groups excluding carboxylic acids is 1. The quantitative estimate of drug-likeness (QED) is 0.681. The Balaban J connectivity index is 1.82. The highest BCUT2D eigenvalue weighted by Gasteiger charge is 2.12. The van der Waals surface area contributed by atoms with Crippen molar-refractivity contribution in [2.45, 2.75) is 0 Å². The van der Waals surface area contributed by atoms with Crippen LogP contribution in [0.15, 0.2) is 40.4 Å². The topological polar surface area (TPSA) is 42.0 Å². The first-order chi connectivity index (χ1) is 10.1. The zero-order valence-corrected chi connectivity index (χ0v) is 13.6. The summed E-state index contributed by atoms with van der Waals surface area (Å²) in [5, 5.41) is 9.90. The Hall–Kier alpha value is -1.40. The van der Waals surface area contributed by atoms with Crippen molar-refractivity contribution >= 4 is 56.9 Å². The Labute approximate surface area is 139 Å². The van der Waals surface area contributed by atoms with Gasteiger partial charge in [0.05, 0.1) is 16.3 Å². The number of anilines is 1. The van der Waals surface area contributed by atoms with Crippen molar-refractivity contribution in [3.8, 4) is 11.3 Å². The van der Waals surface area contributed by atoms with Crippen LogP contribution >= 0.6 is 45.9 Å². The van der Waals surface area contributed by atoms with E-state index in [1.807, 2.05) is 16.8 Å². The molecule has 0 radical (unpaired) electrons. The molecule has 7 heteroatoms. The molecule has 0 unspecified atom stereocenters. The van der Waals surface area contributed by atoms with Gasteiger partial charge in [-0.2, -0.15) is 11.3 Å². The molecule has 0 fully saturated rings. The molecule has 0 aliphatic heterocycles. The fraction of sp³-hybridized carbons (Fsp3) is 0. The summed E-state index contributed by atoms with van der Waals surface area (Å²) in [4.78, 5) is 16.3. The molecule has 1 N–H and O–H groups in total. The van der Waals surface area contributed by atoms with E-state index >= 15 is 0 Å². The van der Waals surface area contributed by atoms with Gasteiger partial charge in [-0.25, -0.2) is 4.98 Å². The molecule has 0 aliphatic rings. The number of benzene rings is 1. The van der Waals surface area contributed by atoms with Crippen LogP contribution in [0.25, 0.3) is 11.3 Å². The molecule has 1 aromatic carbocycles. The summed E-state index contributed by atoms with van der Waals surface area (Å²) in [5.41, 5.74) is 2.12. The van der Waals surface area contributed by atoms with Crippen LogP contribution in [-0.4, -0.2) is 10.9 Å². The van der Waals surface area contributed by atoms with Crippen LogP contribution < -0.4 is 5.32 Å². The molecule has 21 heavy (non-hydrogen) atoms. The minimum absolute atomic E-state index is 0.167. The Morgan fingerprint density at radius 1 is 1.19 bits per heavy atom. The van der Waals surface area contributed by atoms with E-state index in [2.05, 4.69) is 10.3 Å². The molecule has 1 amide bonds. The van der Waals surface area contributed by atoms with Crippen molar-refractivity contribution in [3.05, 3.63) is 56.0 Å². The fourth-order valence-corrected chi connectivity index (χ4v) is 3.56. The van der Waals surface area contributed by atoms with E-state index in [-0.39, 0.29) is 5.91 Å². The average molecular weight is 355 g/mol. The predicted octanol–water partition coefficient (Wildman–Crippen LogP) is 5.43. The molecule has 3 nitrogen and oxygen atoms in total. The molecule has 3 aromatic rings. The van der Waals surface area contributed by atoms with Crippen LogP contribution in [0, 0.1) is 0 Å². The molecule has 0 spiro atoms. The molecule has 0 atom stereocenters. The summed E-state index contributed by atoms with van der Waals surface area (Å²) in [5.74, 6) is -0.167. The van der Waals surface area contributed by atoms with Gasteiger partial charge in [0.1, 0.15) is 0 Å². The van der Waals surface area contributed by atoms with Gasteiger partial charge in [-0.3, -0.25) is 10.1 Å². The molecule has 0 bridgehead atoms. The van der Waals surface area contributed by atoms with Crippen molar-refractivity contribution in [3.63, 3.8) is 0 Å². The number of hydrogen-bond donors (Lipinski definition) is 1. The van der Waals surface area contributed by atoms with Crippen LogP contribution in [-0.2, 0) is 0 Å². The smallest absolute Gasteiger partial charge is 0.258 e. The second kappa shape index (κ2) is 6.15. The number of amides is 1. The number of aromatic nitrogens is 1. The largest absolute Gasteiger partial charge is 0.298 e. The van der Waals surface area contributed by atoms with Gasteiger partial charge < -0.3 is 0 Å². The van der Waals surface area contributed by atoms with Gasteiger partial charge >= 0.3 is 0 Å². The SMILES string of the molecule is O=C(Nc1nc(-c2ccc(Cl)cc2Cl)cs1)c1ccsc1. The van der Waals surface area contributed by atoms with Gasteiger partial charge in [0, 0.05) is 21.3 Å². The Bertz CT molecular complexity index is 784. The van der Waals surface area contributed by atoms with Crippen LogP contribution in [0.4, 0.5) is 5.13 Å². The third kappa shape index (κ3) is 3.27. The van der Waals surface area contributed by atoms with E-state index in [9.17, 15) is 4.79 Å². The summed E-state index contributed by atoms with van der Waals surface area (Å²) >= 11 is 14.9. The average Bonchev–Trinajstić information content (AvgIpc) is 3.09. The Kier molecular flexibility index (Phi) is 4.26. The van der Waals surface area contributed by atoms with E-state index in [0.717, 1.165) is 5.56 Å². The van der Waals surface area contributed by atoms with Gasteiger partial charge in [-0.1, -0.05) is 23.2 Å². The number of thiazole rings is 1. The highest BCUT2D eigenvalue weighted by Crippen LogP contribution is 2.32. The highest BCUT2D eigenvalue weighted by molar-refractivity contribution is 7.14. The lowest BCUT2D eigenvalue weighted by molar-refractivity contribution is 0.102. The van der Waals surface area contributed by atoms with Gasteiger partial charge in [-0.15, -0.1) is 11.3 Å². The number of nitrogens with zero attached hydrogens (tertiary/aromatic N) is 1. The monoisotopic (exact) mass is 354 g/mol. The summed E-state index contributed by atoms with van der Waals surface area (Å²) < 4.78 is 0. The lowest BCUT2D eigenvalue weighted by atomic mass is 10.2. The van der Waals surface area contributed by atoms with E-state index in [4.69, 9.17) is 23.2 Å². The van der Waals surface area contributed by atoms with Crippen molar-refractivity contribution in [2.75, 3.05) is 5.32 Å². The standard InChI is InChI=1S/C14H8Cl2N2OS2/c15-9-1-2-10(11(16)5-9)12-7-21-14(17-12)18-13(19)8-3-4-20-6-8/h1-7H,(H,17,18,19). The molecule has 3 rings (SSSR count). The molecular weight excluding hydrogens is 347 g/mol. The Morgan fingerprint density at radius 2 is 2.05 bits per heavy atom. The van der Waals surface area contributed by atoms with Crippen molar-refractivity contribution in [1.82, 2.24) is 4.98 Å². The number of carbonyl (C=O) groups is 1. The third-order valence-electron chi connectivity index (χ3n) is 2.72. The maximum absolute atomic E-state index is 12.0. The van der Waals surface area contributed by atoms with E-state index < -0.39 is 0 Å². The number of hydrogen-bond acceptors (Lipinski definition) is 4. The first-order valence-electron chi connectivity index (χ1n) is 5.88. The summed E-state index contributed by atoms with van der Waals surface area (Å²) in [6, 6.07) is 7.00. The summed E-state index contributed by atoms with van der Waals surface area (Å²) in [7, 11) is 0. The predicted molar refractivity (Wildman–Crippen MR) is 89.8 cm³/mol. The molecule has 0 saturated carbocycles. The zero-order valence-electron chi connectivity index (χ0n) is 10.5. The lowest BCUT2D eigenvalue weighted by Gasteiger charge is -2.01. The lowest BCUT2D eigenvalue weighted by Crippen LogP contribution is -2.10. The Morgan fingerprint density at radius 3 is 2.76 bits per heavy atom. The highest BCUT2D eigenvalue weighted by atomic mass is 35.5. The third-order valence-corrected chi connectivity index (χ3v) is 4.70. The van der Waals surface area contributed by atoms with E-state index in [1.54, 1.807) is 23.6 Å². The second-order valence-electron chi connectivity index (χ2n) is 4.13. The molecule has 106 valence electrons. The van der Waals surface area contributed by atoms with E-state index in [0.29, 0.717) is 26.4 Å². The first-order valence-corrected chi connectivity index (χ1v) is 8.46. The first kappa shape index (κ1) is 14.5. The molecule has 0 aliphatic carbocycles. The zero-order chi connectivity index (χ0) is 14.8. The van der Waals surface area contributed by atoms with Crippen LogP contribution in [0.5, 0.6) is 0 Å². The number of thiophene rings is 1. The molecule has 0 saturated heterocycles. The molecular formula is C14H8Cl2N2OS2. The van der Waals surface area contributed by atoms with Crippen molar-refractivity contribution in [2.24, 2.45) is 0 Å². The minimum atomic E-state index is -0.167. The van der Waals surface area contributed by atoms with Gasteiger partial charge in [0.25, 0.3) is 5.91 Å². The molecule has 2 aromatic heterocycles. The minimum Gasteiger partial charge on any atom is -0.298 e. The second-order valence-corrected chi connectivity index (χ2v) is 6.61. The number of nitrogens with one attached hydrogen (secondary N) is 1.